The first-order chi connectivity index (χ1) is 20.3. The third-order valence-electron chi connectivity index (χ3n) is 8.39. The van der Waals surface area contributed by atoms with Gasteiger partial charge in [0, 0.05) is 24.4 Å². The monoisotopic (exact) mass is 572 g/mol. The molecular weight excluding hydrogens is 536 g/mol. The van der Waals surface area contributed by atoms with Crippen LogP contribution < -0.4 is 21.3 Å². The van der Waals surface area contributed by atoms with E-state index < -0.39 is 35.3 Å². The van der Waals surface area contributed by atoms with Crippen LogP contribution in [0.5, 0.6) is 0 Å². The van der Waals surface area contributed by atoms with Gasteiger partial charge in [-0.1, -0.05) is 42.5 Å². The van der Waals surface area contributed by atoms with E-state index in [1.54, 1.807) is 0 Å². The number of carbonyl (C=O) groups excluding carboxylic acids is 4. The lowest BCUT2D eigenvalue weighted by atomic mass is 9.86. The van der Waals surface area contributed by atoms with E-state index in [0.29, 0.717) is 12.8 Å². The minimum Gasteiger partial charge on any atom is -0.467 e. The van der Waals surface area contributed by atoms with Crippen molar-refractivity contribution < 1.29 is 23.9 Å². The number of hydrogen-bond acceptors (Lipinski definition) is 8. The fourth-order valence-electron chi connectivity index (χ4n) is 5.98. The van der Waals surface area contributed by atoms with Gasteiger partial charge in [0.2, 0.25) is 11.8 Å². The Morgan fingerprint density at radius 3 is 2.69 bits per heavy atom. The van der Waals surface area contributed by atoms with Crippen molar-refractivity contribution in [2.45, 2.75) is 56.1 Å². The van der Waals surface area contributed by atoms with Crippen LogP contribution in [0, 0.1) is 5.92 Å². The summed E-state index contributed by atoms with van der Waals surface area (Å²) < 4.78 is 4.94. The van der Waals surface area contributed by atoms with Crippen LogP contribution in [0.15, 0.2) is 61.1 Å². The number of piperidine rings is 1. The van der Waals surface area contributed by atoms with Gasteiger partial charge >= 0.3 is 5.97 Å². The number of rotatable bonds is 10. The summed E-state index contributed by atoms with van der Waals surface area (Å²) in [5.74, 6) is -2.20. The van der Waals surface area contributed by atoms with Crippen LogP contribution in [0.4, 0.5) is 0 Å². The summed E-state index contributed by atoms with van der Waals surface area (Å²) in [6, 6.07) is 13.1. The molecule has 3 aromatic rings. The lowest BCUT2D eigenvalue weighted by Crippen LogP contribution is -2.53. The molecule has 1 saturated carbocycles. The Morgan fingerprint density at radius 2 is 1.93 bits per heavy atom. The Labute approximate surface area is 244 Å². The van der Waals surface area contributed by atoms with Gasteiger partial charge in [0.25, 0.3) is 5.91 Å². The molecule has 0 spiro atoms. The number of amides is 3. The number of carbonyl (C=O) groups is 4. The summed E-state index contributed by atoms with van der Waals surface area (Å²) in [6.07, 6.45) is 6.91. The first-order valence-corrected chi connectivity index (χ1v) is 14.3. The number of ether oxygens (including phenoxy) is 1. The Morgan fingerprint density at radius 1 is 1.12 bits per heavy atom. The maximum Gasteiger partial charge on any atom is 0.328 e. The highest BCUT2D eigenvalue weighted by Crippen LogP contribution is 2.53. The highest BCUT2D eigenvalue weighted by Gasteiger charge is 2.62. The number of hydrogen-bond donors (Lipinski definition) is 4. The highest BCUT2D eigenvalue weighted by molar-refractivity contribution is 6.02. The van der Waals surface area contributed by atoms with Gasteiger partial charge in [0.1, 0.15) is 17.3 Å². The molecule has 1 aromatic heterocycles. The van der Waals surface area contributed by atoms with E-state index in [9.17, 15) is 19.2 Å². The summed E-state index contributed by atoms with van der Waals surface area (Å²) in [7, 11) is 1.29. The fraction of sp³-hybridized carbons (Fsp3) is 0.419. The fourth-order valence-corrected chi connectivity index (χ4v) is 5.98. The molecule has 42 heavy (non-hydrogen) atoms. The molecule has 2 fully saturated rings. The zero-order chi connectivity index (χ0) is 29.7. The Hall–Kier alpha value is -4.38. The smallest absolute Gasteiger partial charge is 0.328 e. The minimum atomic E-state index is -1.29. The normalized spacial score (nSPS) is 23.8. The molecule has 1 aliphatic carbocycles. The van der Waals surface area contributed by atoms with Crippen molar-refractivity contribution in [1.82, 2.24) is 31.2 Å². The van der Waals surface area contributed by atoms with Crippen LogP contribution in [0.3, 0.4) is 0 Å². The van der Waals surface area contributed by atoms with Crippen LogP contribution in [0.25, 0.3) is 10.8 Å². The van der Waals surface area contributed by atoms with E-state index in [0.717, 1.165) is 35.7 Å². The third kappa shape index (κ3) is 6.25. The zero-order valence-electron chi connectivity index (χ0n) is 23.8. The molecule has 1 saturated heterocycles. The largest absolute Gasteiger partial charge is 0.467 e. The van der Waals surface area contributed by atoms with E-state index in [4.69, 9.17) is 4.74 Å². The van der Waals surface area contributed by atoms with Gasteiger partial charge < -0.3 is 26.0 Å². The number of nitrogens with one attached hydrogen (secondary N) is 4. The molecule has 11 heteroatoms. The molecular formula is C31H36N6O5. The van der Waals surface area contributed by atoms with Gasteiger partial charge in [-0.15, -0.1) is 0 Å². The van der Waals surface area contributed by atoms with Gasteiger partial charge in [-0.25, -0.2) is 9.78 Å². The summed E-state index contributed by atoms with van der Waals surface area (Å²) in [4.78, 5) is 60.3. The number of fused-ring (bicyclic) bond motifs is 1. The van der Waals surface area contributed by atoms with E-state index in [1.165, 1.54) is 25.7 Å². The van der Waals surface area contributed by atoms with E-state index in [2.05, 4.69) is 38.2 Å². The second-order valence-electron chi connectivity index (χ2n) is 11.0. The molecule has 5 rings (SSSR count). The third-order valence-corrected chi connectivity index (χ3v) is 8.39. The number of methoxy groups -OCH3 is 1. The van der Waals surface area contributed by atoms with Gasteiger partial charge in [0.15, 0.2) is 0 Å². The molecule has 2 heterocycles. The molecule has 2 aromatic carbocycles. The lowest BCUT2D eigenvalue weighted by molar-refractivity contribution is -0.145. The van der Waals surface area contributed by atoms with Crippen LogP contribution in [0.1, 0.15) is 54.6 Å². The second-order valence-corrected chi connectivity index (χ2v) is 11.0. The van der Waals surface area contributed by atoms with Crippen molar-refractivity contribution in [3.05, 3.63) is 72.3 Å². The zero-order valence-corrected chi connectivity index (χ0v) is 23.8. The topological polar surface area (TPSA) is 151 Å². The molecule has 4 N–H and O–H groups in total. The van der Waals surface area contributed by atoms with Gasteiger partial charge in [0.05, 0.1) is 19.9 Å². The summed E-state index contributed by atoms with van der Waals surface area (Å²) >= 11 is 0. The molecule has 1 aliphatic heterocycles. The van der Waals surface area contributed by atoms with E-state index in [1.807, 2.05) is 42.5 Å². The summed E-state index contributed by atoms with van der Waals surface area (Å²) in [5, 5.41) is 13.7. The molecule has 0 bridgehead atoms. The van der Waals surface area contributed by atoms with E-state index >= 15 is 0 Å². The van der Waals surface area contributed by atoms with Crippen LogP contribution >= 0.6 is 0 Å². The van der Waals surface area contributed by atoms with Crippen molar-refractivity contribution in [2.24, 2.45) is 5.92 Å². The van der Waals surface area contributed by atoms with Gasteiger partial charge in [-0.2, -0.15) is 0 Å². The van der Waals surface area contributed by atoms with Crippen molar-refractivity contribution in [1.29, 1.82) is 0 Å². The Balaban J connectivity index is 1.30. The SMILES string of the molecule is COC(=O)[C@H](CC1CCCNC1C)NC(=O)CNC(=O)C1(NC(=O)c2cnccn2)CC1c1cccc2ccccc12. The van der Waals surface area contributed by atoms with Crippen LogP contribution in [-0.4, -0.2) is 71.5 Å². The molecule has 11 nitrogen and oxygen atoms in total. The lowest BCUT2D eigenvalue weighted by Gasteiger charge is -2.32. The van der Waals surface area contributed by atoms with Crippen molar-refractivity contribution in [3.63, 3.8) is 0 Å². The first kappa shape index (κ1) is 29.1. The van der Waals surface area contributed by atoms with Crippen molar-refractivity contribution in [2.75, 3.05) is 20.2 Å². The second kappa shape index (κ2) is 12.6. The van der Waals surface area contributed by atoms with Crippen molar-refractivity contribution in [3.8, 4) is 0 Å². The van der Waals surface area contributed by atoms with E-state index in [-0.39, 0.29) is 30.1 Å². The number of benzene rings is 2. The van der Waals surface area contributed by atoms with Crippen molar-refractivity contribution >= 4 is 34.5 Å². The number of aromatic nitrogens is 2. The maximum absolute atomic E-state index is 13.7. The Kier molecular flexibility index (Phi) is 8.77. The minimum absolute atomic E-state index is 0.0818. The molecule has 3 amide bonds. The molecule has 0 radical (unpaired) electrons. The molecule has 5 atom stereocenters. The molecule has 4 unspecified atom stereocenters. The Bertz CT molecular complexity index is 1460. The summed E-state index contributed by atoms with van der Waals surface area (Å²) in [5.41, 5.74) is -0.282. The molecule has 2 aliphatic rings. The maximum atomic E-state index is 13.7. The van der Waals surface area contributed by atoms with Crippen LogP contribution in [-0.2, 0) is 19.1 Å². The van der Waals surface area contributed by atoms with Gasteiger partial charge in [-0.05, 0) is 61.4 Å². The molecule has 220 valence electrons. The average molecular weight is 573 g/mol. The first-order valence-electron chi connectivity index (χ1n) is 14.3. The van der Waals surface area contributed by atoms with Crippen LogP contribution in [0.2, 0.25) is 0 Å². The predicted molar refractivity (Wildman–Crippen MR) is 155 cm³/mol. The number of esters is 1. The predicted octanol–water partition coefficient (Wildman–Crippen LogP) is 1.84. The number of nitrogens with zero attached hydrogens (tertiary/aromatic N) is 2. The standard InChI is InChI=1S/C31H36N6O5/c1-19-21(9-6-12-33-19)15-25(29(40)42-2)36-27(38)18-35-30(41)31(37-28(39)26-17-32-13-14-34-26)16-24(31)23-11-5-8-20-7-3-4-10-22(20)23/h3-5,7-8,10-11,13-14,17,19,21,24-25,33H,6,9,12,15-16,18H2,1-2H3,(H,35,41)(H,36,38)(H,37,39)/t19?,21?,24?,25-,31?/m0/s1. The average Bonchev–Trinajstić information content (AvgIpc) is 3.74. The quantitative estimate of drug-likeness (QED) is 0.269. The highest BCUT2D eigenvalue weighted by atomic mass is 16.5. The summed E-state index contributed by atoms with van der Waals surface area (Å²) in [6.45, 7) is 2.63. The van der Waals surface area contributed by atoms with Gasteiger partial charge in [-0.3, -0.25) is 19.4 Å².